The van der Waals surface area contributed by atoms with Gasteiger partial charge in [0.25, 0.3) is 5.91 Å². The van der Waals surface area contributed by atoms with Crippen molar-refractivity contribution in [2.24, 2.45) is 11.8 Å². The summed E-state index contributed by atoms with van der Waals surface area (Å²) in [7, 11) is 0. The van der Waals surface area contributed by atoms with E-state index in [0.29, 0.717) is 5.92 Å². The second-order valence-corrected chi connectivity index (χ2v) is 5.43. The van der Waals surface area contributed by atoms with Gasteiger partial charge in [-0.1, -0.05) is 6.92 Å². The van der Waals surface area contributed by atoms with Crippen LogP contribution < -0.4 is 11.3 Å². The quantitative estimate of drug-likeness (QED) is 0.351. The summed E-state index contributed by atoms with van der Waals surface area (Å²) in [5, 5.41) is 9.68. The number of hydrogen-bond acceptors (Lipinski definition) is 5. The molecule has 4 N–H and O–H groups in total. The van der Waals surface area contributed by atoms with Crippen molar-refractivity contribution in [3.05, 3.63) is 0 Å². The standard InChI is InChI=1S/C12H23N3O3/c1-8-6-15(5-4-10(8)16)7-9-2-3-11(18-9)12(17)14-13/h8-11,16H,2-7,13H2,1H3,(H,14,17). The number of nitrogens with zero attached hydrogens (tertiary/aromatic N) is 1. The molecular formula is C12H23N3O3. The highest BCUT2D eigenvalue weighted by molar-refractivity contribution is 5.80. The number of nitrogens with one attached hydrogen (secondary N) is 1. The molecule has 0 aliphatic carbocycles. The van der Waals surface area contributed by atoms with Gasteiger partial charge >= 0.3 is 0 Å². The van der Waals surface area contributed by atoms with Gasteiger partial charge in [-0.15, -0.1) is 0 Å². The van der Waals surface area contributed by atoms with Crippen LogP contribution in [0.25, 0.3) is 0 Å². The third-order valence-corrected chi connectivity index (χ3v) is 3.95. The fourth-order valence-corrected chi connectivity index (χ4v) is 2.80. The molecule has 0 aromatic rings. The predicted molar refractivity (Wildman–Crippen MR) is 66.5 cm³/mol. The smallest absolute Gasteiger partial charge is 0.263 e. The van der Waals surface area contributed by atoms with Gasteiger partial charge in [0, 0.05) is 19.6 Å². The maximum absolute atomic E-state index is 11.3. The van der Waals surface area contributed by atoms with E-state index in [9.17, 15) is 9.90 Å². The average Bonchev–Trinajstić information content (AvgIpc) is 2.81. The highest BCUT2D eigenvalue weighted by Gasteiger charge is 2.33. The predicted octanol–water partition coefficient (Wildman–Crippen LogP) is -0.773. The zero-order chi connectivity index (χ0) is 13.1. The zero-order valence-electron chi connectivity index (χ0n) is 10.8. The van der Waals surface area contributed by atoms with Gasteiger partial charge in [-0.25, -0.2) is 5.84 Å². The van der Waals surface area contributed by atoms with Crippen molar-refractivity contribution in [3.8, 4) is 0 Å². The Hall–Kier alpha value is -0.690. The number of hydrazine groups is 1. The molecule has 18 heavy (non-hydrogen) atoms. The summed E-state index contributed by atoms with van der Waals surface area (Å²) < 4.78 is 5.68. The third-order valence-electron chi connectivity index (χ3n) is 3.95. The van der Waals surface area contributed by atoms with Crippen LogP contribution >= 0.6 is 0 Å². The Bertz CT molecular complexity index is 300. The number of aliphatic hydroxyl groups excluding tert-OH is 1. The molecule has 0 aromatic carbocycles. The molecular weight excluding hydrogens is 234 g/mol. The van der Waals surface area contributed by atoms with E-state index in [0.717, 1.165) is 38.9 Å². The van der Waals surface area contributed by atoms with E-state index in [2.05, 4.69) is 17.2 Å². The van der Waals surface area contributed by atoms with Crippen molar-refractivity contribution in [1.82, 2.24) is 10.3 Å². The molecule has 2 rings (SSSR count). The Balaban J connectivity index is 1.76. The molecule has 4 atom stereocenters. The molecule has 2 saturated heterocycles. The van der Waals surface area contributed by atoms with Gasteiger partial charge in [0.2, 0.25) is 0 Å². The number of nitrogens with two attached hydrogens (primary N) is 1. The number of carbonyl (C=O) groups is 1. The number of piperidine rings is 1. The summed E-state index contributed by atoms with van der Waals surface area (Å²) >= 11 is 0. The normalized spacial score (nSPS) is 37.7. The van der Waals surface area contributed by atoms with Crippen molar-refractivity contribution in [1.29, 1.82) is 0 Å². The number of rotatable bonds is 3. The van der Waals surface area contributed by atoms with Gasteiger partial charge in [-0.2, -0.15) is 0 Å². The first-order valence-electron chi connectivity index (χ1n) is 6.66. The SMILES string of the molecule is CC1CN(CC2CCC(C(=O)NN)O2)CCC1O. The number of hydrogen-bond donors (Lipinski definition) is 3. The molecule has 1 amide bonds. The topological polar surface area (TPSA) is 87.8 Å². The van der Waals surface area contributed by atoms with Gasteiger partial charge in [0.15, 0.2) is 0 Å². The van der Waals surface area contributed by atoms with Crippen molar-refractivity contribution >= 4 is 5.91 Å². The highest BCUT2D eigenvalue weighted by Crippen LogP contribution is 2.23. The number of carbonyl (C=O) groups excluding carboxylic acids is 1. The monoisotopic (exact) mass is 257 g/mol. The maximum Gasteiger partial charge on any atom is 0.263 e. The third kappa shape index (κ3) is 3.20. The van der Waals surface area contributed by atoms with E-state index in [1.54, 1.807) is 0 Å². The van der Waals surface area contributed by atoms with E-state index in [-0.39, 0.29) is 18.1 Å². The molecule has 0 bridgehead atoms. The second-order valence-electron chi connectivity index (χ2n) is 5.43. The molecule has 2 heterocycles. The van der Waals surface area contributed by atoms with Crippen LogP contribution in [0.2, 0.25) is 0 Å². The van der Waals surface area contributed by atoms with Crippen molar-refractivity contribution in [2.75, 3.05) is 19.6 Å². The first-order chi connectivity index (χ1) is 8.60. The fourth-order valence-electron chi connectivity index (χ4n) is 2.80. The number of aliphatic hydroxyl groups is 1. The molecule has 6 heteroatoms. The van der Waals surface area contributed by atoms with E-state index in [4.69, 9.17) is 10.6 Å². The minimum atomic E-state index is -0.396. The molecule has 4 unspecified atom stereocenters. The van der Waals surface area contributed by atoms with E-state index >= 15 is 0 Å². The highest BCUT2D eigenvalue weighted by atomic mass is 16.5. The maximum atomic E-state index is 11.3. The van der Waals surface area contributed by atoms with Gasteiger partial charge in [-0.05, 0) is 25.2 Å². The van der Waals surface area contributed by atoms with Gasteiger partial charge < -0.3 is 14.7 Å². The van der Waals surface area contributed by atoms with Gasteiger partial charge in [0.1, 0.15) is 6.10 Å². The summed E-state index contributed by atoms with van der Waals surface area (Å²) in [6.45, 7) is 4.70. The number of likely N-dealkylation sites (tertiary alicyclic amines) is 1. The van der Waals surface area contributed by atoms with Crippen LogP contribution in [-0.4, -0.2) is 53.9 Å². The first-order valence-corrected chi connectivity index (χ1v) is 6.66. The molecule has 2 aliphatic rings. The van der Waals surface area contributed by atoms with Crippen LogP contribution in [0.5, 0.6) is 0 Å². The van der Waals surface area contributed by atoms with Crippen LogP contribution in [0.3, 0.4) is 0 Å². The number of amides is 1. The zero-order valence-corrected chi connectivity index (χ0v) is 10.8. The molecule has 2 fully saturated rings. The molecule has 0 aromatic heterocycles. The largest absolute Gasteiger partial charge is 0.393 e. The first kappa shape index (κ1) is 13.7. The lowest BCUT2D eigenvalue weighted by atomic mass is 9.96. The van der Waals surface area contributed by atoms with Crippen LogP contribution in [0, 0.1) is 5.92 Å². The molecule has 104 valence electrons. The Labute approximate surface area is 107 Å². The Morgan fingerprint density at radius 1 is 1.50 bits per heavy atom. The summed E-state index contributed by atoms with van der Waals surface area (Å²) in [5.41, 5.74) is 2.13. The van der Waals surface area contributed by atoms with Crippen LogP contribution in [0.4, 0.5) is 0 Å². The molecule has 0 spiro atoms. The van der Waals surface area contributed by atoms with Crippen LogP contribution in [0.15, 0.2) is 0 Å². The lowest BCUT2D eigenvalue weighted by molar-refractivity contribution is -0.132. The minimum absolute atomic E-state index is 0.106. The molecule has 0 saturated carbocycles. The van der Waals surface area contributed by atoms with Crippen LogP contribution in [0.1, 0.15) is 26.2 Å². The number of ether oxygens (including phenoxy) is 1. The van der Waals surface area contributed by atoms with Crippen molar-refractivity contribution < 1.29 is 14.6 Å². The van der Waals surface area contributed by atoms with Crippen molar-refractivity contribution in [2.45, 2.75) is 44.5 Å². The lowest BCUT2D eigenvalue weighted by Gasteiger charge is -2.35. The van der Waals surface area contributed by atoms with Gasteiger partial charge in [-0.3, -0.25) is 10.2 Å². The van der Waals surface area contributed by atoms with Crippen LogP contribution in [-0.2, 0) is 9.53 Å². The molecule has 2 aliphatic heterocycles. The fraction of sp³-hybridized carbons (Fsp3) is 0.917. The summed E-state index contributed by atoms with van der Waals surface area (Å²) in [6, 6.07) is 0. The Morgan fingerprint density at radius 2 is 2.28 bits per heavy atom. The van der Waals surface area contributed by atoms with Crippen molar-refractivity contribution in [3.63, 3.8) is 0 Å². The van der Waals surface area contributed by atoms with Gasteiger partial charge in [0.05, 0.1) is 12.2 Å². The Kier molecular flexibility index (Phi) is 4.55. The molecule has 6 nitrogen and oxygen atoms in total. The van der Waals surface area contributed by atoms with E-state index < -0.39 is 6.10 Å². The summed E-state index contributed by atoms with van der Waals surface area (Å²) in [5.74, 6) is 5.17. The van der Waals surface area contributed by atoms with E-state index in [1.165, 1.54) is 0 Å². The Morgan fingerprint density at radius 3 is 2.94 bits per heavy atom. The molecule has 0 radical (unpaired) electrons. The summed E-state index contributed by atoms with van der Waals surface area (Å²) in [6.07, 6.45) is 1.98. The second kappa shape index (κ2) is 5.97. The van der Waals surface area contributed by atoms with E-state index in [1.807, 2.05) is 0 Å². The minimum Gasteiger partial charge on any atom is -0.393 e. The average molecular weight is 257 g/mol. The summed E-state index contributed by atoms with van der Waals surface area (Å²) in [4.78, 5) is 13.6. The lowest BCUT2D eigenvalue weighted by Crippen LogP contribution is -2.45.